The van der Waals surface area contributed by atoms with Crippen molar-refractivity contribution in [1.82, 2.24) is 14.9 Å². The summed E-state index contributed by atoms with van der Waals surface area (Å²) in [5.74, 6) is 1.79. The average Bonchev–Trinajstić information content (AvgIpc) is 3.44. The van der Waals surface area contributed by atoms with Crippen LogP contribution in [0, 0.1) is 6.92 Å². The SMILES string of the molecule is Cc1nc(CNC(=O)Cc2ccc(C3CC3)cc2)cn1-c1ccc(O)cc1. The number of imidazole rings is 1. The molecular weight excluding hydrogens is 338 g/mol. The largest absolute Gasteiger partial charge is 0.508 e. The van der Waals surface area contributed by atoms with E-state index in [-0.39, 0.29) is 11.7 Å². The van der Waals surface area contributed by atoms with Gasteiger partial charge in [0.15, 0.2) is 0 Å². The van der Waals surface area contributed by atoms with Crippen LogP contribution in [0.5, 0.6) is 5.75 Å². The molecule has 1 saturated carbocycles. The lowest BCUT2D eigenvalue weighted by Gasteiger charge is -2.05. The maximum absolute atomic E-state index is 12.2. The van der Waals surface area contributed by atoms with Crippen molar-refractivity contribution >= 4 is 5.91 Å². The van der Waals surface area contributed by atoms with Crippen LogP contribution in [0.4, 0.5) is 0 Å². The third-order valence-electron chi connectivity index (χ3n) is 4.92. The molecule has 0 aliphatic heterocycles. The van der Waals surface area contributed by atoms with E-state index in [1.54, 1.807) is 12.1 Å². The molecule has 1 aliphatic rings. The van der Waals surface area contributed by atoms with Crippen molar-refractivity contribution in [2.75, 3.05) is 0 Å². The van der Waals surface area contributed by atoms with Gasteiger partial charge in [-0.15, -0.1) is 0 Å². The molecule has 4 rings (SSSR count). The fourth-order valence-electron chi connectivity index (χ4n) is 3.25. The Labute approximate surface area is 158 Å². The van der Waals surface area contributed by atoms with Crippen molar-refractivity contribution in [2.24, 2.45) is 0 Å². The first-order chi connectivity index (χ1) is 13.1. The van der Waals surface area contributed by atoms with Crippen LogP contribution >= 0.6 is 0 Å². The second-order valence-electron chi connectivity index (χ2n) is 7.14. The number of phenols is 1. The highest BCUT2D eigenvalue weighted by atomic mass is 16.3. The molecule has 1 aliphatic carbocycles. The van der Waals surface area contributed by atoms with Crippen molar-refractivity contribution in [3.63, 3.8) is 0 Å². The summed E-state index contributed by atoms with van der Waals surface area (Å²) in [6.07, 6.45) is 4.86. The van der Waals surface area contributed by atoms with Gasteiger partial charge in [-0.2, -0.15) is 0 Å². The molecule has 2 aromatic carbocycles. The molecule has 0 spiro atoms. The third-order valence-corrected chi connectivity index (χ3v) is 4.92. The number of nitrogens with one attached hydrogen (secondary N) is 1. The van der Waals surface area contributed by atoms with E-state index in [0.29, 0.717) is 13.0 Å². The predicted molar refractivity (Wildman–Crippen MR) is 104 cm³/mol. The van der Waals surface area contributed by atoms with Crippen LogP contribution in [-0.4, -0.2) is 20.6 Å². The van der Waals surface area contributed by atoms with Gasteiger partial charge in [0.05, 0.1) is 18.7 Å². The van der Waals surface area contributed by atoms with Crippen molar-refractivity contribution in [3.05, 3.63) is 77.4 Å². The zero-order chi connectivity index (χ0) is 18.8. The minimum absolute atomic E-state index is 0.00833. The van der Waals surface area contributed by atoms with E-state index in [9.17, 15) is 9.90 Å². The third kappa shape index (κ3) is 4.19. The van der Waals surface area contributed by atoms with E-state index in [2.05, 4.69) is 34.6 Å². The van der Waals surface area contributed by atoms with E-state index in [1.807, 2.05) is 29.8 Å². The Balaban J connectivity index is 1.34. The number of carbonyl (C=O) groups excluding carboxylic acids is 1. The molecule has 0 unspecified atom stereocenters. The van der Waals surface area contributed by atoms with Crippen molar-refractivity contribution in [3.8, 4) is 11.4 Å². The highest BCUT2D eigenvalue weighted by Gasteiger charge is 2.23. The number of aromatic hydroxyl groups is 1. The molecule has 1 heterocycles. The molecule has 1 fully saturated rings. The van der Waals surface area contributed by atoms with Crippen LogP contribution in [0.1, 0.15) is 41.4 Å². The zero-order valence-electron chi connectivity index (χ0n) is 15.4. The minimum atomic E-state index is -0.00833. The van der Waals surface area contributed by atoms with Crippen LogP contribution in [-0.2, 0) is 17.8 Å². The highest BCUT2D eigenvalue weighted by Crippen LogP contribution is 2.39. The van der Waals surface area contributed by atoms with Gasteiger partial charge >= 0.3 is 0 Å². The summed E-state index contributed by atoms with van der Waals surface area (Å²) in [5, 5.41) is 12.4. The lowest BCUT2D eigenvalue weighted by molar-refractivity contribution is -0.120. The van der Waals surface area contributed by atoms with Gasteiger partial charge < -0.3 is 15.0 Å². The van der Waals surface area contributed by atoms with Gasteiger partial charge in [0, 0.05) is 11.9 Å². The fraction of sp³-hybridized carbons (Fsp3) is 0.273. The summed E-state index contributed by atoms with van der Waals surface area (Å²) in [6.45, 7) is 2.31. The molecule has 0 saturated heterocycles. The van der Waals surface area contributed by atoms with E-state index in [1.165, 1.54) is 18.4 Å². The summed E-state index contributed by atoms with van der Waals surface area (Å²) in [6, 6.07) is 15.3. The van der Waals surface area contributed by atoms with Crippen LogP contribution in [0.3, 0.4) is 0 Å². The summed E-state index contributed by atoms with van der Waals surface area (Å²) in [7, 11) is 0. The summed E-state index contributed by atoms with van der Waals surface area (Å²) < 4.78 is 1.94. The van der Waals surface area contributed by atoms with Crippen LogP contribution in [0.25, 0.3) is 5.69 Å². The smallest absolute Gasteiger partial charge is 0.224 e. The monoisotopic (exact) mass is 361 g/mol. The number of hydrogen-bond acceptors (Lipinski definition) is 3. The van der Waals surface area contributed by atoms with Crippen LogP contribution < -0.4 is 5.32 Å². The first-order valence-electron chi connectivity index (χ1n) is 9.28. The van der Waals surface area contributed by atoms with Gasteiger partial charge in [0.1, 0.15) is 11.6 Å². The predicted octanol–water partition coefficient (Wildman–Crippen LogP) is 3.62. The Kier molecular flexibility index (Phi) is 4.67. The molecule has 2 N–H and O–H groups in total. The molecule has 138 valence electrons. The van der Waals surface area contributed by atoms with Gasteiger partial charge in [0.2, 0.25) is 5.91 Å². The summed E-state index contributed by atoms with van der Waals surface area (Å²) in [5.41, 5.74) is 4.14. The normalized spacial score (nSPS) is 13.5. The Bertz CT molecular complexity index is 939. The molecule has 1 aromatic heterocycles. The van der Waals surface area contributed by atoms with E-state index < -0.39 is 0 Å². The highest BCUT2D eigenvalue weighted by molar-refractivity contribution is 5.78. The van der Waals surface area contributed by atoms with Gasteiger partial charge in [-0.1, -0.05) is 24.3 Å². The Morgan fingerprint density at radius 3 is 2.52 bits per heavy atom. The molecule has 0 atom stereocenters. The number of rotatable bonds is 6. The van der Waals surface area contributed by atoms with E-state index in [4.69, 9.17) is 0 Å². The van der Waals surface area contributed by atoms with Crippen molar-refractivity contribution < 1.29 is 9.90 Å². The lowest BCUT2D eigenvalue weighted by Crippen LogP contribution is -2.24. The number of carbonyl (C=O) groups is 1. The second-order valence-corrected chi connectivity index (χ2v) is 7.14. The van der Waals surface area contributed by atoms with Gasteiger partial charge in [-0.25, -0.2) is 4.98 Å². The Hall–Kier alpha value is -3.08. The molecule has 3 aromatic rings. The van der Waals surface area contributed by atoms with Gasteiger partial charge in [-0.05, 0) is 61.1 Å². The first kappa shape index (κ1) is 17.3. The van der Waals surface area contributed by atoms with Gasteiger partial charge in [0.25, 0.3) is 0 Å². The summed E-state index contributed by atoms with van der Waals surface area (Å²) >= 11 is 0. The lowest BCUT2D eigenvalue weighted by atomic mass is 10.1. The number of benzene rings is 2. The van der Waals surface area contributed by atoms with Crippen molar-refractivity contribution in [2.45, 2.75) is 38.6 Å². The van der Waals surface area contributed by atoms with Crippen LogP contribution in [0.2, 0.25) is 0 Å². The van der Waals surface area contributed by atoms with Crippen molar-refractivity contribution in [1.29, 1.82) is 0 Å². The standard InChI is InChI=1S/C22H23N3O2/c1-15-24-19(14-25(15)20-8-10-21(26)11-9-20)13-23-22(27)12-16-2-4-17(5-3-16)18-6-7-18/h2-5,8-11,14,18,26H,6-7,12-13H2,1H3,(H,23,27). The maximum atomic E-state index is 12.2. The average molecular weight is 361 g/mol. The Morgan fingerprint density at radius 2 is 1.85 bits per heavy atom. The quantitative estimate of drug-likeness (QED) is 0.705. The fourth-order valence-corrected chi connectivity index (χ4v) is 3.25. The molecule has 0 bridgehead atoms. The number of aryl methyl sites for hydroxylation is 1. The topological polar surface area (TPSA) is 67.2 Å². The number of amides is 1. The second kappa shape index (κ2) is 7.27. The maximum Gasteiger partial charge on any atom is 0.224 e. The molecule has 27 heavy (non-hydrogen) atoms. The Morgan fingerprint density at radius 1 is 1.15 bits per heavy atom. The van der Waals surface area contributed by atoms with Crippen LogP contribution in [0.15, 0.2) is 54.7 Å². The number of aromatic nitrogens is 2. The van der Waals surface area contributed by atoms with E-state index in [0.717, 1.165) is 28.7 Å². The zero-order valence-corrected chi connectivity index (χ0v) is 15.4. The number of phenolic OH excluding ortho intramolecular Hbond substituents is 1. The molecule has 5 heteroatoms. The molecule has 0 radical (unpaired) electrons. The summed E-state index contributed by atoms with van der Waals surface area (Å²) in [4.78, 5) is 16.8. The first-order valence-corrected chi connectivity index (χ1v) is 9.28. The molecule has 1 amide bonds. The van der Waals surface area contributed by atoms with Gasteiger partial charge in [-0.3, -0.25) is 4.79 Å². The number of nitrogens with zero attached hydrogens (tertiary/aromatic N) is 2. The number of hydrogen-bond donors (Lipinski definition) is 2. The van der Waals surface area contributed by atoms with E-state index >= 15 is 0 Å². The molecular formula is C22H23N3O2. The molecule has 5 nitrogen and oxygen atoms in total. The minimum Gasteiger partial charge on any atom is -0.508 e.